The molecule has 0 fully saturated rings. The fourth-order valence-corrected chi connectivity index (χ4v) is 1.81. The van der Waals surface area contributed by atoms with E-state index in [-0.39, 0.29) is 17.3 Å². The molecule has 0 saturated carbocycles. The van der Waals surface area contributed by atoms with Crippen molar-refractivity contribution in [2.45, 2.75) is 5.88 Å². The third-order valence-corrected chi connectivity index (χ3v) is 2.59. The van der Waals surface area contributed by atoms with E-state index < -0.39 is 0 Å². The summed E-state index contributed by atoms with van der Waals surface area (Å²) < 4.78 is 13.1. The maximum absolute atomic E-state index is 13.1. The van der Waals surface area contributed by atoms with Crippen LogP contribution in [-0.2, 0) is 5.88 Å². The van der Waals surface area contributed by atoms with E-state index in [1.165, 1.54) is 18.3 Å². The molecule has 0 aliphatic heterocycles. The lowest BCUT2D eigenvalue weighted by Gasteiger charge is -2.05. The maximum Gasteiger partial charge on any atom is 0.256 e. The summed E-state index contributed by atoms with van der Waals surface area (Å²) in [6.45, 7) is 0. The van der Waals surface area contributed by atoms with Crippen molar-refractivity contribution in [1.82, 2.24) is 4.98 Å². The third kappa shape index (κ3) is 1.99. The number of H-pyrrole nitrogens is 1. The van der Waals surface area contributed by atoms with E-state index in [4.69, 9.17) is 11.6 Å². The molecule has 1 N–H and O–H groups in total. The molecule has 4 heteroatoms. The molecule has 0 bridgehead atoms. The van der Waals surface area contributed by atoms with Gasteiger partial charge in [0, 0.05) is 12.1 Å². The van der Waals surface area contributed by atoms with Crippen LogP contribution in [0.5, 0.6) is 0 Å². The molecule has 0 unspecified atom stereocenters. The predicted molar refractivity (Wildman–Crippen MR) is 62.0 cm³/mol. The molecular weight excluding hydrogens is 229 g/mol. The Morgan fingerprint density at radius 2 is 2.12 bits per heavy atom. The molecule has 0 aliphatic rings. The fourth-order valence-electron chi connectivity index (χ4n) is 1.59. The smallest absolute Gasteiger partial charge is 0.256 e. The lowest BCUT2D eigenvalue weighted by molar-refractivity contribution is 0.628. The van der Waals surface area contributed by atoms with E-state index in [1.807, 2.05) is 0 Å². The number of halogens is 2. The largest absolute Gasteiger partial charge is 0.329 e. The van der Waals surface area contributed by atoms with Gasteiger partial charge in [-0.05, 0) is 29.3 Å². The molecule has 2 rings (SSSR count). The van der Waals surface area contributed by atoms with Crippen LogP contribution in [0.1, 0.15) is 5.56 Å². The zero-order valence-electron chi connectivity index (χ0n) is 8.34. The maximum atomic E-state index is 13.1. The molecule has 0 saturated heterocycles. The number of nitrogens with one attached hydrogen (secondary N) is 1. The summed E-state index contributed by atoms with van der Waals surface area (Å²) in [6.07, 6.45) is 1.53. The Labute approximate surface area is 96.7 Å². The molecule has 0 spiro atoms. The molecule has 1 heterocycles. The molecule has 0 atom stereocenters. The highest BCUT2D eigenvalue weighted by atomic mass is 35.5. The molecule has 82 valence electrons. The Bertz CT molecular complexity index is 565. The number of alkyl halides is 1. The summed E-state index contributed by atoms with van der Waals surface area (Å²) >= 11 is 5.75. The average Bonchev–Trinajstić information content (AvgIpc) is 2.28. The van der Waals surface area contributed by atoms with E-state index >= 15 is 0 Å². The highest BCUT2D eigenvalue weighted by Gasteiger charge is 2.09. The Balaban J connectivity index is 2.68. The first-order valence-corrected chi connectivity index (χ1v) is 5.28. The van der Waals surface area contributed by atoms with Gasteiger partial charge in [-0.15, -0.1) is 11.6 Å². The van der Waals surface area contributed by atoms with Crippen LogP contribution in [-0.4, -0.2) is 4.98 Å². The van der Waals surface area contributed by atoms with Gasteiger partial charge in [0.2, 0.25) is 0 Å². The van der Waals surface area contributed by atoms with Crippen LogP contribution in [0, 0.1) is 5.82 Å². The number of aromatic amines is 1. The van der Waals surface area contributed by atoms with Gasteiger partial charge in [0.05, 0.1) is 5.56 Å². The quantitative estimate of drug-likeness (QED) is 0.801. The second-order valence-electron chi connectivity index (χ2n) is 3.35. The van der Waals surface area contributed by atoms with Crippen molar-refractivity contribution < 1.29 is 4.39 Å². The lowest BCUT2D eigenvalue weighted by Crippen LogP contribution is -2.10. The second-order valence-corrected chi connectivity index (χ2v) is 3.62. The summed E-state index contributed by atoms with van der Waals surface area (Å²) in [5.41, 5.74) is 1.40. The molecule has 1 aromatic heterocycles. The van der Waals surface area contributed by atoms with Crippen molar-refractivity contribution in [3.8, 4) is 11.1 Å². The second kappa shape index (κ2) is 4.49. The topological polar surface area (TPSA) is 32.9 Å². The van der Waals surface area contributed by atoms with Crippen LogP contribution in [0.2, 0.25) is 0 Å². The molecule has 0 radical (unpaired) electrons. The van der Waals surface area contributed by atoms with E-state index in [0.29, 0.717) is 16.7 Å². The van der Waals surface area contributed by atoms with E-state index in [1.54, 1.807) is 18.2 Å². The van der Waals surface area contributed by atoms with Crippen LogP contribution >= 0.6 is 11.6 Å². The lowest BCUT2D eigenvalue weighted by atomic mass is 10.0. The fraction of sp³-hybridized carbons (Fsp3) is 0.0833. The predicted octanol–water partition coefficient (Wildman–Crippen LogP) is 2.92. The Morgan fingerprint density at radius 3 is 2.81 bits per heavy atom. The van der Waals surface area contributed by atoms with Crippen LogP contribution < -0.4 is 5.56 Å². The number of rotatable bonds is 2. The number of aromatic nitrogens is 1. The monoisotopic (exact) mass is 237 g/mol. The number of hydrogen-bond acceptors (Lipinski definition) is 1. The zero-order chi connectivity index (χ0) is 11.5. The molecule has 0 amide bonds. The van der Waals surface area contributed by atoms with Crippen molar-refractivity contribution >= 4 is 11.6 Å². The van der Waals surface area contributed by atoms with E-state index in [0.717, 1.165) is 0 Å². The number of hydrogen-bond donors (Lipinski definition) is 1. The van der Waals surface area contributed by atoms with Crippen molar-refractivity contribution in [2.75, 3.05) is 0 Å². The van der Waals surface area contributed by atoms with Crippen molar-refractivity contribution in [2.24, 2.45) is 0 Å². The Hall–Kier alpha value is -1.61. The number of pyridine rings is 1. The molecular formula is C12H9ClFNO. The van der Waals surface area contributed by atoms with Gasteiger partial charge >= 0.3 is 0 Å². The Kier molecular flexibility index (Phi) is 3.06. The first kappa shape index (κ1) is 10.9. The molecule has 2 aromatic rings. The number of benzene rings is 1. The first-order chi connectivity index (χ1) is 7.72. The normalized spacial score (nSPS) is 10.4. The van der Waals surface area contributed by atoms with Crippen LogP contribution in [0.4, 0.5) is 4.39 Å². The van der Waals surface area contributed by atoms with Crippen LogP contribution in [0.15, 0.2) is 41.3 Å². The summed E-state index contributed by atoms with van der Waals surface area (Å²) in [5.74, 6) is -0.156. The first-order valence-electron chi connectivity index (χ1n) is 4.75. The van der Waals surface area contributed by atoms with Gasteiger partial charge in [-0.1, -0.05) is 12.1 Å². The van der Waals surface area contributed by atoms with Crippen molar-refractivity contribution in [3.63, 3.8) is 0 Å². The summed E-state index contributed by atoms with van der Waals surface area (Å²) in [5, 5.41) is 0. The minimum Gasteiger partial charge on any atom is -0.329 e. The van der Waals surface area contributed by atoms with E-state index in [9.17, 15) is 9.18 Å². The Morgan fingerprint density at radius 1 is 1.31 bits per heavy atom. The van der Waals surface area contributed by atoms with E-state index in [2.05, 4.69) is 4.98 Å². The van der Waals surface area contributed by atoms with Gasteiger partial charge in [0.1, 0.15) is 5.82 Å². The summed E-state index contributed by atoms with van der Waals surface area (Å²) in [7, 11) is 0. The highest BCUT2D eigenvalue weighted by molar-refractivity contribution is 6.17. The highest BCUT2D eigenvalue weighted by Crippen LogP contribution is 2.21. The molecule has 16 heavy (non-hydrogen) atoms. The third-order valence-electron chi connectivity index (χ3n) is 2.30. The van der Waals surface area contributed by atoms with Gasteiger partial charge in [0.25, 0.3) is 5.56 Å². The minimum absolute atomic E-state index is 0.218. The SMILES string of the molecule is O=c1[nH]ccc(CCl)c1-c1cccc(F)c1. The van der Waals surface area contributed by atoms with Crippen molar-refractivity contribution in [1.29, 1.82) is 0 Å². The van der Waals surface area contributed by atoms with Gasteiger partial charge < -0.3 is 4.98 Å². The summed E-state index contributed by atoms with van der Waals surface area (Å²) in [6, 6.07) is 7.62. The van der Waals surface area contributed by atoms with Gasteiger partial charge in [0.15, 0.2) is 0 Å². The van der Waals surface area contributed by atoms with Crippen LogP contribution in [0.3, 0.4) is 0 Å². The van der Waals surface area contributed by atoms with Crippen molar-refractivity contribution in [3.05, 3.63) is 58.3 Å². The molecule has 2 nitrogen and oxygen atoms in total. The standard InChI is InChI=1S/C12H9ClFNO/c13-7-9-4-5-15-12(16)11(9)8-2-1-3-10(14)6-8/h1-6H,7H2,(H,15,16). The van der Waals surface area contributed by atoms with Gasteiger partial charge in [-0.25, -0.2) is 4.39 Å². The average molecular weight is 238 g/mol. The minimum atomic E-state index is -0.374. The van der Waals surface area contributed by atoms with Gasteiger partial charge in [-0.2, -0.15) is 0 Å². The summed E-state index contributed by atoms with van der Waals surface area (Å²) in [4.78, 5) is 14.2. The van der Waals surface area contributed by atoms with Crippen LogP contribution in [0.25, 0.3) is 11.1 Å². The molecule has 1 aromatic carbocycles. The zero-order valence-corrected chi connectivity index (χ0v) is 9.09. The van der Waals surface area contributed by atoms with Gasteiger partial charge in [-0.3, -0.25) is 4.79 Å². The molecule has 0 aliphatic carbocycles.